The molecular weight excluding hydrogens is 438 g/mol. The summed E-state index contributed by atoms with van der Waals surface area (Å²) in [6.45, 7) is 4.09. The molecule has 0 aliphatic carbocycles. The van der Waals surface area contributed by atoms with Crippen molar-refractivity contribution in [3.63, 3.8) is 0 Å². The number of fused-ring (bicyclic) bond motifs is 1. The first kappa shape index (κ1) is 22.8. The Labute approximate surface area is 204 Å². The maximum Gasteiger partial charge on any atom is 0.294 e. The fourth-order valence-electron chi connectivity index (χ4n) is 4.63. The molecule has 2 aromatic heterocycles. The molecule has 2 aromatic carbocycles. The van der Waals surface area contributed by atoms with E-state index in [0.29, 0.717) is 32.0 Å². The molecule has 4 aromatic rings. The van der Waals surface area contributed by atoms with Gasteiger partial charge < -0.3 is 10.2 Å². The van der Waals surface area contributed by atoms with Crippen LogP contribution in [0.4, 0.5) is 5.82 Å². The van der Waals surface area contributed by atoms with E-state index in [9.17, 15) is 9.59 Å². The number of nitrogens with zero attached hydrogens (tertiary/aromatic N) is 4. The Morgan fingerprint density at radius 3 is 2.66 bits per heavy atom. The van der Waals surface area contributed by atoms with Crippen LogP contribution in [0.1, 0.15) is 29.7 Å². The second kappa shape index (κ2) is 10.1. The summed E-state index contributed by atoms with van der Waals surface area (Å²) in [5.74, 6) is 0.199. The van der Waals surface area contributed by atoms with Gasteiger partial charge in [0.15, 0.2) is 5.82 Å². The average molecular weight is 468 g/mol. The van der Waals surface area contributed by atoms with Crippen molar-refractivity contribution in [1.29, 1.82) is 0 Å². The number of carbonyl (C=O) groups is 1. The zero-order chi connectivity index (χ0) is 24.2. The number of aryl methyl sites for hydroxylation is 1. The van der Waals surface area contributed by atoms with E-state index in [4.69, 9.17) is 4.98 Å². The molecule has 0 unspecified atom stereocenters. The lowest BCUT2D eigenvalue weighted by Crippen LogP contribution is -2.45. The first-order valence-electron chi connectivity index (χ1n) is 12.1. The molecule has 1 aliphatic heterocycles. The van der Waals surface area contributed by atoms with Crippen molar-refractivity contribution in [1.82, 2.24) is 19.9 Å². The number of para-hydroxylation sites is 2. The number of carbonyl (C=O) groups excluding carboxylic acids is 1. The molecule has 178 valence electrons. The summed E-state index contributed by atoms with van der Waals surface area (Å²) in [6.07, 6.45) is 3.33. The topological polar surface area (TPSA) is 80.1 Å². The van der Waals surface area contributed by atoms with Crippen LogP contribution in [0, 0.1) is 12.8 Å². The van der Waals surface area contributed by atoms with Gasteiger partial charge in [0.25, 0.3) is 5.56 Å². The van der Waals surface area contributed by atoms with Gasteiger partial charge in [0.05, 0.1) is 35.7 Å². The molecule has 0 spiro atoms. The summed E-state index contributed by atoms with van der Waals surface area (Å²) in [6, 6.07) is 21.6. The molecule has 35 heavy (non-hydrogen) atoms. The molecule has 1 aliphatic rings. The molecule has 7 heteroatoms. The predicted molar refractivity (Wildman–Crippen MR) is 137 cm³/mol. The van der Waals surface area contributed by atoms with Crippen LogP contribution < -0.4 is 15.8 Å². The van der Waals surface area contributed by atoms with Gasteiger partial charge in [-0.1, -0.05) is 48.0 Å². The number of piperidine rings is 1. The van der Waals surface area contributed by atoms with Crippen LogP contribution in [0.5, 0.6) is 0 Å². The van der Waals surface area contributed by atoms with Crippen molar-refractivity contribution in [3.8, 4) is 0 Å². The molecule has 1 saturated heterocycles. The second-order valence-corrected chi connectivity index (χ2v) is 9.13. The van der Waals surface area contributed by atoms with Gasteiger partial charge in [0.2, 0.25) is 5.91 Å². The van der Waals surface area contributed by atoms with E-state index in [0.717, 1.165) is 35.1 Å². The van der Waals surface area contributed by atoms with Gasteiger partial charge in [0.1, 0.15) is 0 Å². The summed E-state index contributed by atoms with van der Waals surface area (Å²) in [4.78, 5) is 37.6. The predicted octanol–water partition coefficient (Wildman–Crippen LogP) is 3.68. The van der Waals surface area contributed by atoms with Gasteiger partial charge in [-0.05, 0) is 49.6 Å². The third-order valence-corrected chi connectivity index (χ3v) is 6.56. The number of anilines is 1. The van der Waals surface area contributed by atoms with Gasteiger partial charge in [-0.2, -0.15) is 0 Å². The van der Waals surface area contributed by atoms with Gasteiger partial charge in [0, 0.05) is 19.3 Å². The third kappa shape index (κ3) is 5.09. The van der Waals surface area contributed by atoms with E-state index >= 15 is 0 Å². The maximum absolute atomic E-state index is 13.7. The van der Waals surface area contributed by atoms with E-state index in [2.05, 4.69) is 41.5 Å². The molecule has 0 radical (unpaired) electrons. The van der Waals surface area contributed by atoms with Crippen LogP contribution in [0.2, 0.25) is 0 Å². The zero-order valence-electron chi connectivity index (χ0n) is 19.9. The zero-order valence-corrected chi connectivity index (χ0v) is 19.9. The van der Waals surface area contributed by atoms with Crippen LogP contribution in [-0.2, 0) is 17.9 Å². The SMILES string of the molecule is Cc1ccc(Cn2c(=O)c(N3CCC[C@H](C(=O)NCc4ccccn4)C3)nc3ccccc32)cc1. The van der Waals surface area contributed by atoms with Crippen molar-refractivity contribution in [2.24, 2.45) is 5.92 Å². The highest BCUT2D eigenvalue weighted by atomic mass is 16.2. The molecule has 1 atom stereocenters. The quantitative estimate of drug-likeness (QED) is 0.468. The molecule has 0 saturated carbocycles. The number of nitrogens with one attached hydrogen (secondary N) is 1. The summed E-state index contributed by atoms with van der Waals surface area (Å²) in [5, 5.41) is 3.00. The molecular formula is C28H29N5O2. The fraction of sp³-hybridized carbons (Fsp3) is 0.286. The van der Waals surface area contributed by atoms with Crippen molar-refractivity contribution in [2.45, 2.75) is 32.9 Å². The molecule has 1 amide bonds. The summed E-state index contributed by atoms with van der Waals surface area (Å²) >= 11 is 0. The highest BCUT2D eigenvalue weighted by molar-refractivity contribution is 5.80. The Balaban J connectivity index is 1.40. The number of rotatable bonds is 6. The summed E-state index contributed by atoms with van der Waals surface area (Å²) < 4.78 is 1.80. The van der Waals surface area contributed by atoms with E-state index in [1.165, 1.54) is 5.56 Å². The van der Waals surface area contributed by atoms with Gasteiger partial charge in [-0.25, -0.2) is 4.98 Å². The monoisotopic (exact) mass is 467 g/mol. The lowest BCUT2D eigenvalue weighted by Gasteiger charge is -2.32. The minimum Gasteiger partial charge on any atom is -0.351 e. The maximum atomic E-state index is 13.7. The number of hydrogen-bond acceptors (Lipinski definition) is 5. The molecule has 5 rings (SSSR count). The van der Waals surface area contributed by atoms with Crippen molar-refractivity contribution in [2.75, 3.05) is 18.0 Å². The Morgan fingerprint density at radius 2 is 1.86 bits per heavy atom. The van der Waals surface area contributed by atoms with Crippen LogP contribution in [0.3, 0.4) is 0 Å². The lowest BCUT2D eigenvalue weighted by molar-refractivity contribution is -0.125. The van der Waals surface area contributed by atoms with Gasteiger partial charge in [-0.15, -0.1) is 0 Å². The number of aromatic nitrogens is 3. The summed E-state index contributed by atoms with van der Waals surface area (Å²) in [5.41, 5.74) is 4.52. The minimum atomic E-state index is -0.203. The lowest BCUT2D eigenvalue weighted by atomic mass is 9.97. The van der Waals surface area contributed by atoms with Crippen LogP contribution in [0.25, 0.3) is 11.0 Å². The van der Waals surface area contributed by atoms with Crippen LogP contribution in [-0.4, -0.2) is 33.5 Å². The Kier molecular flexibility index (Phi) is 6.57. The number of hydrogen-bond donors (Lipinski definition) is 1. The molecule has 1 fully saturated rings. The second-order valence-electron chi connectivity index (χ2n) is 9.13. The fourth-order valence-corrected chi connectivity index (χ4v) is 4.63. The first-order valence-corrected chi connectivity index (χ1v) is 12.1. The smallest absolute Gasteiger partial charge is 0.294 e. The van der Waals surface area contributed by atoms with Crippen LogP contribution >= 0.6 is 0 Å². The molecule has 1 N–H and O–H groups in total. The number of benzene rings is 2. The van der Waals surface area contributed by atoms with E-state index in [1.54, 1.807) is 10.8 Å². The van der Waals surface area contributed by atoms with E-state index in [1.807, 2.05) is 47.4 Å². The molecule has 3 heterocycles. The van der Waals surface area contributed by atoms with Gasteiger partial charge >= 0.3 is 0 Å². The van der Waals surface area contributed by atoms with Crippen molar-refractivity contribution in [3.05, 3.63) is 100 Å². The highest BCUT2D eigenvalue weighted by Gasteiger charge is 2.28. The van der Waals surface area contributed by atoms with E-state index < -0.39 is 0 Å². The van der Waals surface area contributed by atoms with E-state index in [-0.39, 0.29) is 17.4 Å². The molecule has 7 nitrogen and oxygen atoms in total. The largest absolute Gasteiger partial charge is 0.351 e. The third-order valence-electron chi connectivity index (χ3n) is 6.56. The normalized spacial score (nSPS) is 15.8. The number of amides is 1. The highest BCUT2D eigenvalue weighted by Crippen LogP contribution is 2.22. The summed E-state index contributed by atoms with van der Waals surface area (Å²) in [7, 11) is 0. The van der Waals surface area contributed by atoms with Crippen molar-refractivity contribution >= 4 is 22.8 Å². The number of pyridine rings is 1. The standard InChI is InChI=1S/C28H29N5O2/c1-20-11-13-21(14-12-20)18-33-25-10-3-2-9-24(25)31-26(28(33)35)32-16-6-7-22(19-32)27(34)30-17-23-8-4-5-15-29-23/h2-5,8-15,22H,6-7,16-19H2,1H3,(H,30,34)/t22-/m0/s1. The Bertz CT molecular complexity index is 1380. The minimum absolute atomic E-state index is 0.0128. The average Bonchev–Trinajstić information content (AvgIpc) is 2.90. The van der Waals surface area contributed by atoms with Crippen molar-refractivity contribution < 1.29 is 4.79 Å². The van der Waals surface area contributed by atoms with Crippen LogP contribution in [0.15, 0.2) is 77.7 Å². The first-order chi connectivity index (χ1) is 17.1. The van der Waals surface area contributed by atoms with Gasteiger partial charge in [-0.3, -0.25) is 19.1 Å². The Morgan fingerprint density at radius 1 is 1.06 bits per heavy atom. The molecule has 0 bridgehead atoms. The Hall–Kier alpha value is -4.00.